The van der Waals surface area contributed by atoms with E-state index in [2.05, 4.69) is 31.3 Å². The van der Waals surface area contributed by atoms with Gasteiger partial charge in [0.05, 0.1) is 26.7 Å². The lowest BCUT2D eigenvalue weighted by Crippen LogP contribution is -2.29. The number of nitrogens with zero attached hydrogens (tertiary/aromatic N) is 3. The molecule has 0 saturated heterocycles. The molecule has 1 N–H and O–H groups in total. The standard InChI is InChI=1S/C13H13BrN4O3/c1-20-10-4-7(14)3-8(12(10)21-2)9-5-11(19)17-13-15-6-16-18(9)13/h3-4,6,9H,5H2,1-2H3,(H,15,16,17,19). The third kappa shape index (κ3) is 2.35. The van der Waals surface area contributed by atoms with Crippen LogP contribution < -0.4 is 14.8 Å². The van der Waals surface area contributed by atoms with Crippen molar-refractivity contribution >= 4 is 27.8 Å². The minimum atomic E-state index is -0.294. The highest BCUT2D eigenvalue weighted by atomic mass is 79.9. The Morgan fingerprint density at radius 1 is 1.38 bits per heavy atom. The number of hydrogen-bond acceptors (Lipinski definition) is 5. The predicted molar refractivity (Wildman–Crippen MR) is 78.7 cm³/mol. The number of aromatic nitrogens is 3. The molecule has 0 radical (unpaired) electrons. The molecule has 0 saturated carbocycles. The van der Waals surface area contributed by atoms with Crippen LogP contribution in [0.2, 0.25) is 0 Å². The fourth-order valence-electron chi connectivity index (χ4n) is 2.45. The monoisotopic (exact) mass is 352 g/mol. The second kappa shape index (κ2) is 5.36. The van der Waals surface area contributed by atoms with Crippen molar-refractivity contribution in [1.82, 2.24) is 14.8 Å². The molecule has 2 heterocycles. The van der Waals surface area contributed by atoms with Gasteiger partial charge in [-0.1, -0.05) is 15.9 Å². The van der Waals surface area contributed by atoms with Crippen LogP contribution in [0.25, 0.3) is 0 Å². The average Bonchev–Trinajstić information content (AvgIpc) is 2.93. The molecule has 1 aliphatic rings. The number of halogens is 1. The van der Waals surface area contributed by atoms with E-state index in [-0.39, 0.29) is 18.4 Å². The number of hydrogen-bond donors (Lipinski definition) is 1. The number of rotatable bonds is 3. The summed E-state index contributed by atoms with van der Waals surface area (Å²) in [6.45, 7) is 0. The van der Waals surface area contributed by atoms with Gasteiger partial charge in [-0.2, -0.15) is 10.1 Å². The molecule has 0 fully saturated rings. The van der Waals surface area contributed by atoms with E-state index in [0.717, 1.165) is 10.0 Å². The Bertz CT molecular complexity index is 701. The summed E-state index contributed by atoms with van der Waals surface area (Å²) in [6, 6.07) is 3.42. The van der Waals surface area contributed by atoms with Crippen molar-refractivity contribution in [2.75, 3.05) is 19.5 Å². The number of anilines is 1. The second-order valence-corrected chi connectivity index (χ2v) is 5.44. The summed E-state index contributed by atoms with van der Waals surface area (Å²) in [4.78, 5) is 15.9. The highest BCUT2D eigenvalue weighted by Crippen LogP contribution is 2.41. The van der Waals surface area contributed by atoms with Crippen LogP contribution in [0.15, 0.2) is 22.9 Å². The summed E-state index contributed by atoms with van der Waals surface area (Å²) >= 11 is 3.45. The highest BCUT2D eigenvalue weighted by molar-refractivity contribution is 9.10. The van der Waals surface area contributed by atoms with Crippen molar-refractivity contribution in [3.05, 3.63) is 28.5 Å². The van der Waals surface area contributed by atoms with Crippen LogP contribution in [0.3, 0.4) is 0 Å². The maximum Gasteiger partial charge on any atom is 0.229 e. The number of amides is 1. The van der Waals surface area contributed by atoms with Gasteiger partial charge in [-0.05, 0) is 12.1 Å². The largest absolute Gasteiger partial charge is 0.493 e. The fourth-order valence-corrected chi connectivity index (χ4v) is 2.91. The zero-order valence-electron chi connectivity index (χ0n) is 11.5. The van der Waals surface area contributed by atoms with Crippen LogP contribution in [0.1, 0.15) is 18.0 Å². The van der Waals surface area contributed by atoms with E-state index < -0.39 is 0 Å². The van der Waals surface area contributed by atoms with E-state index in [0.29, 0.717) is 17.4 Å². The average molecular weight is 353 g/mol. The summed E-state index contributed by atoms with van der Waals surface area (Å²) < 4.78 is 13.3. The van der Waals surface area contributed by atoms with Crippen LogP contribution in [0.5, 0.6) is 11.5 Å². The zero-order chi connectivity index (χ0) is 15.0. The third-order valence-electron chi connectivity index (χ3n) is 3.33. The van der Waals surface area contributed by atoms with Gasteiger partial charge < -0.3 is 9.47 Å². The molecule has 1 aromatic heterocycles. The SMILES string of the molecule is COc1cc(Br)cc(C2CC(=O)Nc3ncnn32)c1OC. The number of methoxy groups -OCH3 is 2. The van der Waals surface area contributed by atoms with E-state index in [1.54, 1.807) is 18.9 Å². The minimum Gasteiger partial charge on any atom is -0.493 e. The number of nitrogens with one attached hydrogen (secondary N) is 1. The van der Waals surface area contributed by atoms with Gasteiger partial charge in [0.25, 0.3) is 0 Å². The van der Waals surface area contributed by atoms with Crippen LogP contribution in [-0.4, -0.2) is 34.9 Å². The van der Waals surface area contributed by atoms with Gasteiger partial charge in [0.2, 0.25) is 11.9 Å². The Labute approximate surface area is 129 Å². The van der Waals surface area contributed by atoms with Crippen molar-refractivity contribution < 1.29 is 14.3 Å². The molecular weight excluding hydrogens is 340 g/mol. The van der Waals surface area contributed by atoms with Crippen molar-refractivity contribution in [2.24, 2.45) is 0 Å². The van der Waals surface area contributed by atoms with Crippen molar-refractivity contribution in [3.63, 3.8) is 0 Å². The molecule has 1 unspecified atom stereocenters. The van der Waals surface area contributed by atoms with Gasteiger partial charge in [0.15, 0.2) is 11.5 Å². The molecule has 0 spiro atoms. The smallest absolute Gasteiger partial charge is 0.229 e. The zero-order valence-corrected chi connectivity index (χ0v) is 13.0. The Hall–Kier alpha value is -2.09. The molecule has 0 aliphatic carbocycles. The molecule has 110 valence electrons. The first kappa shape index (κ1) is 13.9. The molecule has 7 nitrogen and oxygen atoms in total. The van der Waals surface area contributed by atoms with Crippen LogP contribution >= 0.6 is 15.9 Å². The molecule has 1 aromatic carbocycles. The lowest BCUT2D eigenvalue weighted by Gasteiger charge is -2.26. The van der Waals surface area contributed by atoms with Crippen molar-refractivity contribution in [2.45, 2.75) is 12.5 Å². The van der Waals surface area contributed by atoms with E-state index in [1.807, 2.05) is 12.1 Å². The number of carbonyl (C=O) groups is 1. The lowest BCUT2D eigenvalue weighted by molar-refractivity contribution is -0.117. The van der Waals surface area contributed by atoms with Crippen molar-refractivity contribution in [3.8, 4) is 11.5 Å². The van der Waals surface area contributed by atoms with Gasteiger partial charge >= 0.3 is 0 Å². The summed E-state index contributed by atoms with van der Waals surface area (Å²) in [5.41, 5.74) is 0.810. The van der Waals surface area contributed by atoms with Crippen LogP contribution in [0.4, 0.5) is 5.95 Å². The first-order valence-corrected chi connectivity index (χ1v) is 7.04. The summed E-state index contributed by atoms with van der Waals surface area (Å²) in [7, 11) is 3.14. The number of carbonyl (C=O) groups excluding carboxylic acids is 1. The van der Waals surface area contributed by atoms with Crippen LogP contribution in [-0.2, 0) is 4.79 Å². The first-order chi connectivity index (χ1) is 10.1. The topological polar surface area (TPSA) is 78.3 Å². The molecular formula is C13H13BrN4O3. The van der Waals surface area contributed by atoms with Crippen LogP contribution in [0, 0.1) is 0 Å². The second-order valence-electron chi connectivity index (χ2n) is 4.53. The van der Waals surface area contributed by atoms with Gasteiger partial charge in [0.1, 0.15) is 6.33 Å². The Balaban J connectivity index is 2.17. The normalized spacial score (nSPS) is 17.1. The van der Waals surface area contributed by atoms with E-state index in [1.165, 1.54) is 6.33 Å². The molecule has 21 heavy (non-hydrogen) atoms. The molecule has 0 bridgehead atoms. The third-order valence-corrected chi connectivity index (χ3v) is 3.79. The van der Waals surface area contributed by atoms with E-state index in [4.69, 9.17) is 9.47 Å². The maximum absolute atomic E-state index is 11.9. The first-order valence-electron chi connectivity index (χ1n) is 6.24. The minimum absolute atomic E-state index is 0.110. The molecule has 3 rings (SSSR count). The van der Waals surface area contributed by atoms with Gasteiger partial charge in [-0.25, -0.2) is 4.68 Å². The number of benzene rings is 1. The Morgan fingerprint density at radius 2 is 2.19 bits per heavy atom. The summed E-state index contributed by atoms with van der Waals surface area (Å²) in [5.74, 6) is 1.50. The summed E-state index contributed by atoms with van der Waals surface area (Å²) in [5, 5.41) is 6.88. The lowest BCUT2D eigenvalue weighted by atomic mass is 10.0. The Morgan fingerprint density at radius 3 is 2.90 bits per heavy atom. The fraction of sp³-hybridized carbons (Fsp3) is 0.308. The highest BCUT2D eigenvalue weighted by Gasteiger charge is 2.31. The van der Waals surface area contributed by atoms with Gasteiger partial charge in [-0.15, -0.1) is 0 Å². The van der Waals surface area contributed by atoms with E-state index >= 15 is 0 Å². The van der Waals surface area contributed by atoms with Gasteiger partial charge in [-0.3, -0.25) is 10.1 Å². The molecule has 1 amide bonds. The Kier molecular flexibility index (Phi) is 3.54. The van der Waals surface area contributed by atoms with Gasteiger partial charge in [0, 0.05) is 10.0 Å². The molecule has 1 atom stereocenters. The summed E-state index contributed by atoms with van der Waals surface area (Å²) in [6.07, 6.45) is 1.67. The van der Waals surface area contributed by atoms with E-state index in [9.17, 15) is 4.79 Å². The predicted octanol–water partition coefficient (Wildman–Crippen LogP) is 1.99. The quantitative estimate of drug-likeness (QED) is 0.913. The number of fused-ring (bicyclic) bond motifs is 1. The maximum atomic E-state index is 11.9. The van der Waals surface area contributed by atoms with Crippen molar-refractivity contribution in [1.29, 1.82) is 0 Å². The molecule has 8 heteroatoms. The molecule has 1 aliphatic heterocycles. The number of ether oxygens (including phenoxy) is 2. The molecule has 2 aromatic rings.